The molecular weight excluding hydrogens is 248 g/mol. The molecule has 1 amide bonds. The van der Waals surface area contributed by atoms with Gasteiger partial charge in [0.25, 0.3) is 5.92 Å². The number of carbonyl (C=O) groups excluding carboxylic acids is 1. The number of nitrogens with zero attached hydrogens (tertiary/aromatic N) is 1. The molecule has 1 saturated carbocycles. The minimum absolute atomic E-state index is 0.113. The zero-order valence-electron chi connectivity index (χ0n) is 9.99. The topological polar surface area (TPSA) is 66.8 Å². The monoisotopic (exact) mass is 263 g/mol. The lowest BCUT2D eigenvalue weighted by atomic mass is 9.90. The van der Waals surface area contributed by atoms with Gasteiger partial charge in [-0.1, -0.05) is 0 Å². The van der Waals surface area contributed by atoms with Gasteiger partial charge in [0, 0.05) is 25.4 Å². The molecule has 0 aromatic heterocycles. The Hall–Kier alpha value is -1.40. The number of likely N-dealkylation sites (tertiary alicyclic amines) is 1. The van der Waals surface area contributed by atoms with E-state index in [1.54, 1.807) is 0 Å². The molecule has 1 unspecified atom stereocenters. The van der Waals surface area contributed by atoms with Crippen molar-refractivity contribution in [2.24, 2.45) is 11.3 Å². The molecule has 0 aromatic rings. The highest BCUT2D eigenvalue weighted by molar-refractivity contribution is 5.66. The van der Waals surface area contributed by atoms with Crippen LogP contribution in [0.4, 0.5) is 13.6 Å². The lowest BCUT2D eigenvalue weighted by Crippen LogP contribution is -2.40. The van der Waals surface area contributed by atoms with E-state index in [0.29, 0.717) is 0 Å². The Morgan fingerprint density at radius 3 is 2.39 bits per heavy atom. The minimum Gasteiger partial charge on any atom is -0.465 e. The van der Waals surface area contributed by atoms with Crippen molar-refractivity contribution >= 4 is 12.1 Å². The molecule has 0 aromatic carbocycles. The first kappa shape index (κ1) is 13.0. The van der Waals surface area contributed by atoms with Gasteiger partial charge in [-0.05, 0) is 12.8 Å². The van der Waals surface area contributed by atoms with Gasteiger partial charge in [-0.3, -0.25) is 4.79 Å². The SMILES string of the molecule is CC(=O)OCC1C(F)(F)C12CCN(C(=O)O)CC2. The summed E-state index contributed by atoms with van der Waals surface area (Å²) in [7, 11) is 0. The van der Waals surface area contributed by atoms with Gasteiger partial charge in [0.2, 0.25) is 0 Å². The van der Waals surface area contributed by atoms with Crippen LogP contribution in [0.3, 0.4) is 0 Å². The van der Waals surface area contributed by atoms with Gasteiger partial charge in [0.1, 0.15) is 6.61 Å². The van der Waals surface area contributed by atoms with E-state index in [1.165, 1.54) is 6.92 Å². The predicted molar refractivity (Wildman–Crippen MR) is 56.3 cm³/mol. The van der Waals surface area contributed by atoms with Crippen LogP contribution in [-0.4, -0.2) is 47.7 Å². The molecule has 5 nitrogen and oxygen atoms in total. The van der Waals surface area contributed by atoms with Crippen molar-refractivity contribution in [2.75, 3.05) is 19.7 Å². The van der Waals surface area contributed by atoms with E-state index in [2.05, 4.69) is 4.74 Å². The van der Waals surface area contributed by atoms with Gasteiger partial charge in [0.15, 0.2) is 0 Å². The molecule has 0 bridgehead atoms. The second kappa shape index (κ2) is 4.07. The van der Waals surface area contributed by atoms with E-state index in [1.807, 2.05) is 0 Å². The molecule has 1 N–H and O–H groups in total. The van der Waals surface area contributed by atoms with Crippen molar-refractivity contribution in [2.45, 2.75) is 25.7 Å². The van der Waals surface area contributed by atoms with Crippen molar-refractivity contribution in [1.82, 2.24) is 4.90 Å². The van der Waals surface area contributed by atoms with Crippen LogP contribution in [0.1, 0.15) is 19.8 Å². The molecule has 1 saturated heterocycles. The molecule has 0 radical (unpaired) electrons. The van der Waals surface area contributed by atoms with E-state index in [4.69, 9.17) is 5.11 Å². The first-order valence-electron chi connectivity index (χ1n) is 5.80. The Morgan fingerprint density at radius 2 is 1.94 bits per heavy atom. The Morgan fingerprint density at radius 1 is 1.39 bits per heavy atom. The van der Waals surface area contributed by atoms with Crippen molar-refractivity contribution in [1.29, 1.82) is 0 Å². The van der Waals surface area contributed by atoms with Crippen LogP contribution in [-0.2, 0) is 9.53 Å². The fourth-order valence-electron chi connectivity index (χ4n) is 2.84. The van der Waals surface area contributed by atoms with Crippen LogP contribution in [0, 0.1) is 11.3 Å². The van der Waals surface area contributed by atoms with Crippen LogP contribution in [0.5, 0.6) is 0 Å². The third-order valence-corrected chi connectivity index (χ3v) is 4.06. The predicted octanol–water partition coefficient (Wildman–Crippen LogP) is 1.57. The molecule has 2 fully saturated rings. The fourth-order valence-corrected chi connectivity index (χ4v) is 2.84. The number of alkyl halides is 2. The average molecular weight is 263 g/mol. The van der Waals surface area contributed by atoms with Crippen molar-refractivity contribution in [3.8, 4) is 0 Å². The first-order chi connectivity index (χ1) is 8.31. The Balaban J connectivity index is 1.97. The third kappa shape index (κ3) is 1.81. The summed E-state index contributed by atoms with van der Waals surface area (Å²) in [6.07, 6.45) is -0.832. The number of amides is 1. The highest BCUT2D eigenvalue weighted by Gasteiger charge is 2.80. The zero-order chi connectivity index (χ0) is 13.6. The maximum atomic E-state index is 13.8. The summed E-state index contributed by atoms with van der Waals surface area (Å²) in [6.45, 7) is 1.12. The van der Waals surface area contributed by atoms with Gasteiger partial charge in [-0.2, -0.15) is 0 Å². The second-order valence-electron chi connectivity index (χ2n) is 4.90. The summed E-state index contributed by atoms with van der Waals surface area (Å²) in [5, 5.41) is 8.77. The maximum Gasteiger partial charge on any atom is 0.407 e. The minimum atomic E-state index is -2.85. The van der Waals surface area contributed by atoms with Gasteiger partial charge in [-0.15, -0.1) is 0 Å². The fraction of sp³-hybridized carbons (Fsp3) is 0.818. The number of halogens is 2. The van der Waals surface area contributed by atoms with Gasteiger partial charge in [-0.25, -0.2) is 13.6 Å². The Bertz CT molecular complexity index is 377. The molecule has 1 atom stereocenters. The summed E-state index contributed by atoms with van der Waals surface area (Å²) in [6, 6.07) is 0. The number of esters is 1. The Labute approximate surface area is 103 Å². The quantitative estimate of drug-likeness (QED) is 0.768. The summed E-state index contributed by atoms with van der Waals surface area (Å²) in [5.41, 5.74) is -1.17. The molecular formula is C11H15F2NO4. The molecule has 102 valence electrons. The molecule has 1 spiro atoms. The molecule has 18 heavy (non-hydrogen) atoms. The highest BCUT2D eigenvalue weighted by Crippen LogP contribution is 2.70. The molecule has 1 heterocycles. The number of carboxylic acid groups (broad SMARTS) is 1. The molecule has 7 heteroatoms. The zero-order valence-corrected chi connectivity index (χ0v) is 9.99. The number of carbonyl (C=O) groups is 2. The lowest BCUT2D eigenvalue weighted by Gasteiger charge is -2.30. The van der Waals surface area contributed by atoms with E-state index in [0.717, 1.165) is 4.90 Å². The summed E-state index contributed by atoms with van der Waals surface area (Å²) in [5.74, 6) is -4.40. The van der Waals surface area contributed by atoms with E-state index in [9.17, 15) is 18.4 Å². The Kier molecular flexibility index (Phi) is 2.95. The molecule has 1 aliphatic carbocycles. The summed E-state index contributed by atoms with van der Waals surface area (Å²) >= 11 is 0. The second-order valence-corrected chi connectivity index (χ2v) is 4.90. The van der Waals surface area contributed by atoms with Crippen molar-refractivity contribution in [3.63, 3.8) is 0 Å². The van der Waals surface area contributed by atoms with Crippen LogP contribution in [0.15, 0.2) is 0 Å². The largest absolute Gasteiger partial charge is 0.465 e. The standard InChI is InChI=1S/C11H15F2NO4/c1-7(15)18-6-8-10(11(8,12)13)2-4-14(5-3-10)9(16)17/h8H,2-6H2,1H3,(H,16,17). The van der Waals surface area contributed by atoms with Crippen LogP contribution >= 0.6 is 0 Å². The van der Waals surface area contributed by atoms with Crippen LogP contribution in [0.2, 0.25) is 0 Å². The number of rotatable bonds is 2. The smallest absolute Gasteiger partial charge is 0.407 e. The van der Waals surface area contributed by atoms with E-state index in [-0.39, 0.29) is 32.5 Å². The number of ether oxygens (including phenoxy) is 1. The van der Waals surface area contributed by atoms with Gasteiger partial charge in [0.05, 0.1) is 5.92 Å². The molecule has 2 aliphatic rings. The molecule has 2 rings (SSSR count). The van der Waals surface area contributed by atoms with Gasteiger partial charge >= 0.3 is 12.1 Å². The first-order valence-corrected chi connectivity index (χ1v) is 5.80. The molecule has 1 aliphatic heterocycles. The van der Waals surface area contributed by atoms with Gasteiger partial charge < -0.3 is 14.7 Å². The maximum absolute atomic E-state index is 13.8. The number of hydrogen-bond donors (Lipinski definition) is 1. The van der Waals surface area contributed by atoms with Crippen molar-refractivity contribution < 1.29 is 28.2 Å². The number of piperidine rings is 1. The van der Waals surface area contributed by atoms with Crippen LogP contribution in [0.25, 0.3) is 0 Å². The van der Waals surface area contributed by atoms with Crippen molar-refractivity contribution in [3.05, 3.63) is 0 Å². The summed E-state index contributed by atoms with van der Waals surface area (Å²) in [4.78, 5) is 22.5. The normalized spacial score (nSPS) is 27.9. The van der Waals surface area contributed by atoms with E-state index < -0.39 is 29.3 Å². The third-order valence-electron chi connectivity index (χ3n) is 4.06. The summed E-state index contributed by atoms with van der Waals surface area (Å²) < 4.78 is 32.2. The average Bonchev–Trinajstić information content (AvgIpc) is 2.72. The lowest BCUT2D eigenvalue weighted by molar-refractivity contribution is -0.142. The van der Waals surface area contributed by atoms with E-state index >= 15 is 0 Å². The highest BCUT2D eigenvalue weighted by atomic mass is 19.3. The van der Waals surface area contributed by atoms with Crippen LogP contribution < -0.4 is 0 Å². The number of hydrogen-bond acceptors (Lipinski definition) is 3.